The van der Waals surface area contributed by atoms with Crippen LogP contribution in [-0.4, -0.2) is 133 Å². The van der Waals surface area contributed by atoms with Crippen molar-refractivity contribution >= 4 is 35.5 Å². The molecule has 3 N–H and O–H groups in total. The maximum atomic E-state index is 14.4. The second kappa shape index (κ2) is 23.4. The van der Waals surface area contributed by atoms with Crippen molar-refractivity contribution in [3.63, 3.8) is 0 Å². The molecule has 0 spiro atoms. The van der Waals surface area contributed by atoms with Gasteiger partial charge in [0.05, 0.1) is 36.6 Å². The Morgan fingerprint density at radius 3 is 2.02 bits per heavy atom. The van der Waals surface area contributed by atoms with Crippen LogP contribution in [-0.2, 0) is 44.7 Å². The van der Waals surface area contributed by atoms with Gasteiger partial charge in [-0.1, -0.05) is 92.1 Å². The van der Waals surface area contributed by atoms with Crippen LogP contribution in [0.25, 0.3) is 0 Å². The molecule has 1 aliphatic heterocycles. The van der Waals surface area contributed by atoms with Gasteiger partial charge in [0.15, 0.2) is 0 Å². The Morgan fingerprint density at radius 1 is 0.877 bits per heavy atom. The van der Waals surface area contributed by atoms with E-state index in [2.05, 4.69) is 10.6 Å². The highest BCUT2D eigenvalue weighted by Crippen LogP contribution is 2.30. The fourth-order valence-corrected chi connectivity index (χ4v) is 8.10. The van der Waals surface area contributed by atoms with Crippen molar-refractivity contribution in [2.45, 2.75) is 143 Å². The lowest BCUT2D eigenvalue weighted by atomic mass is 9.89. The fraction of sp³-hybridized carbons (Fsp3) is 0.721. The predicted octanol–water partition coefficient (Wildman–Crippen LogP) is 4.14. The van der Waals surface area contributed by atoms with Gasteiger partial charge >= 0.3 is 5.97 Å². The molecule has 0 aliphatic carbocycles. The van der Waals surface area contributed by atoms with Crippen molar-refractivity contribution in [1.82, 2.24) is 25.3 Å². The lowest BCUT2D eigenvalue weighted by molar-refractivity contribution is -0.149. The first kappa shape index (κ1) is 49.1. The molecule has 5 amide bonds. The number of nitrogens with one attached hydrogen (secondary N) is 2. The molecule has 0 aromatic heterocycles. The average molecular weight is 802 g/mol. The number of carbonyl (C=O) groups is 6. The molecule has 2 rings (SSSR count). The third-order valence-corrected chi connectivity index (χ3v) is 11.6. The monoisotopic (exact) mass is 802 g/mol. The van der Waals surface area contributed by atoms with Gasteiger partial charge in [0.25, 0.3) is 0 Å². The van der Waals surface area contributed by atoms with E-state index in [-0.39, 0.29) is 48.3 Å². The minimum absolute atomic E-state index is 0.0483. The minimum atomic E-state index is -1.15. The number of carboxylic acids is 1. The van der Waals surface area contributed by atoms with Crippen LogP contribution in [0, 0.1) is 23.7 Å². The molecule has 1 fully saturated rings. The van der Waals surface area contributed by atoms with Gasteiger partial charge in [-0.15, -0.1) is 0 Å². The van der Waals surface area contributed by atoms with Crippen LogP contribution in [0.5, 0.6) is 0 Å². The van der Waals surface area contributed by atoms with Crippen LogP contribution in [0.3, 0.4) is 0 Å². The molecule has 57 heavy (non-hydrogen) atoms. The van der Waals surface area contributed by atoms with Crippen LogP contribution >= 0.6 is 0 Å². The molecule has 0 radical (unpaired) electrons. The fourth-order valence-electron chi connectivity index (χ4n) is 8.10. The number of nitrogens with zero attached hydrogens (tertiary/aromatic N) is 3. The quantitative estimate of drug-likeness (QED) is 0.147. The Morgan fingerprint density at radius 2 is 1.51 bits per heavy atom. The van der Waals surface area contributed by atoms with Crippen LogP contribution in [0.15, 0.2) is 30.3 Å². The zero-order valence-electron chi connectivity index (χ0n) is 36.4. The highest BCUT2D eigenvalue weighted by molar-refractivity contribution is 5.92. The summed E-state index contributed by atoms with van der Waals surface area (Å²) in [6.07, 6.45) is 1.58. The number of likely N-dealkylation sites (tertiary alicyclic amines) is 1. The van der Waals surface area contributed by atoms with Crippen LogP contribution < -0.4 is 10.6 Å². The number of carboxylic acid groups (broad SMARTS) is 1. The van der Waals surface area contributed by atoms with Gasteiger partial charge in [-0.05, 0) is 42.6 Å². The summed E-state index contributed by atoms with van der Waals surface area (Å²) in [6.45, 7) is 15.5. The molecule has 1 aromatic rings. The lowest BCUT2D eigenvalue weighted by Gasteiger charge is -2.41. The number of amides is 5. The SMILES string of the molecule is CCCC(=O)N(C)C(C(=O)N[C@H](C(=O)N(C)[C@@H]([C@@H](C)CC)[C@@H](CC(=O)N1CCC[C@H]1[C@H](OC)[C@@H](C)C(=O)N[C@@H](Cc1ccccc1)C(=O)O)OC)C(C)C)C(C)C. The van der Waals surface area contributed by atoms with E-state index >= 15 is 0 Å². The molecule has 322 valence electrons. The number of likely N-dealkylation sites (N-methyl/N-ethyl adjacent to an activating group) is 2. The first-order chi connectivity index (χ1) is 26.9. The first-order valence-corrected chi connectivity index (χ1v) is 20.6. The van der Waals surface area contributed by atoms with E-state index in [4.69, 9.17) is 9.47 Å². The van der Waals surface area contributed by atoms with Crippen molar-refractivity contribution in [2.75, 3.05) is 34.9 Å². The Labute approximate surface area is 340 Å². The van der Waals surface area contributed by atoms with Crippen molar-refractivity contribution < 1.29 is 43.3 Å². The van der Waals surface area contributed by atoms with E-state index in [1.807, 2.05) is 66.7 Å². The molecule has 1 aromatic carbocycles. The molecule has 0 saturated carbocycles. The van der Waals surface area contributed by atoms with E-state index in [0.717, 1.165) is 5.56 Å². The molecular formula is C43H71N5O9. The summed E-state index contributed by atoms with van der Waals surface area (Å²) in [5, 5.41) is 15.5. The first-order valence-electron chi connectivity index (χ1n) is 20.6. The van der Waals surface area contributed by atoms with E-state index in [1.54, 1.807) is 43.0 Å². The number of ether oxygens (including phenoxy) is 2. The molecule has 14 nitrogen and oxygen atoms in total. The summed E-state index contributed by atoms with van der Waals surface area (Å²) < 4.78 is 11.9. The largest absolute Gasteiger partial charge is 0.480 e. The third-order valence-electron chi connectivity index (χ3n) is 11.6. The van der Waals surface area contributed by atoms with Crippen LogP contribution in [0.1, 0.15) is 99.5 Å². The van der Waals surface area contributed by atoms with E-state index in [0.29, 0.717) is 38.6 Å². The standard InChI is InChI=1S/C43H71N5O9/c1-13-19-34(49)46(9)37(27(5)6)41(52)45-36(26(3)4)42(53)47(10)38(28(7)14-2)33(56-11)25-35(50)48-23-18-22-32(48)39(57-12)29(8)40(51)44-31(43(54)55)24-30-20-16-15-17-21-30/h15-17,20-21,26-29,31-33,36-39H,13-14,18-19,22-25H2,1-12H3,(H,44,51)(H,45,52)(H,54,55)/t28-,29+,31-,32-,33+,36-,37?,38-,39+/m0/s1. The number of hydrogen-bond acceptors (Lipinski definition) is 8. The summed E-state index contributed by atoms with van der Waals surface area (Å²) in [5.74, 6) is -4.06. The summed E-state index contributed by atoms with van der Waals surface area (Å²) in [6, 6.07) is 5.28. The van der Waals surface area contributed by atoms with Gasteiger partial charge in [-0.2, -0.15) is 0 Å². The molecule has 1 unspecified atom stereocenters. The summed E-state index contributed by atoms with van der Waals surface area (Å²) >= 11 is 0. The maximum Gasteiger partial charge on any atom is 0.326 e. The van der Waals surface area contributed by atoms with Gasteiger partial charge in [0, 0.05) is 47.7 Å². The number of benzene rings is 1. The Balaban J connectivity index is 2.29. The normalized spacial score (nSPS) is 18.5. The Hall–Kier alpha value is -4.04. The molecule has 1 saturated heterocycles. The van der Waals surface area contributed by atoms with Gasteiger partial charge in [0.2, 0.25) is 29.5 Å². The third kappa shape index (κ3) is 13.2. The number of carbonyl (C=O) groups excluding carboxylic acids is 5. The number of rotatable bonds is 23. The molecule has 1 heterocycles. The number of hydrogen-bond donors (Lipinski definition) is 3. The van der Waals surface area contributed by atoms with Crippen molar-refractivity contribution in [3.8, 4) is 0 Å². The second-order valence-corrected chi connectivity index (χ2v) is 16.4. The molecule has 0 bridgehead atoms. The summed E-state index contributed by atoms with van der Waals surface area (Å²) in [5.41, 5.74) is 0.775. The predicted molar refractivity (Wildman–Crippen MR) is 219 cm³/mol. The molecular weight excluding hydrogens is 730 g/mol. The van der Waals surface area contributed by atoms with Crippen molar-refractivity contribution in [2.24, 2.45) is 23.7 Å². The average Bonchev–Trinajstić information content (AvgIpc) is 3.66. The highest BCUT2D eigenvalue weighted by Gasteiger charge is 2.43. The second-order valence-electron chi connectivity index (χ2n) is 16.4. The van der Waals surface area contributed by atoms with Gasteiger partial charge in [0.1, 0.15) is 18.1 Å². The maximum absolute atomic E-state index is 14.4. The highest BCUT2D eigenvalue weighted by atomic mass is 16.5. The van der Waals surface area contributed by atoms with E-state index < -0.39 is 66.1 Å². The zero-order valence-corrected chi connectivity index (χ0v) is 36.4. The number of methoxy groups -OCH3 is 2. The van der Waals surface area contributed by atoms with Gasteiger partial charge in [-0.3, -0.25) is 24.0 Å². The summed E-state index contributed by atoms with van der Waals surface area (Å²) in [4.78, 5) is 85.6. The smallest absolute Gasteiger partial charge is 0.326 e. The van der Waals surface area contributed by atoms with E-state index in [1.165, 1.54) is 19.1 Å². The lowest BCUT2D eigenvalue weighted by Crippen LogP contribution is -2.60. The number of aliphatic carboxylic acids is 1. The summed E-state index contributed by atoms with van der Waals surface area (Å²) in [7, 11) is 6.30. The topological polar surface area (TPSA) is 175 Å². The Bertz CT molecular complexity index is 1470. The van der Waals surface area contributed by atoms with Crippen LogP contribution in [0.4, 0.5) is 0 Å². The molecule has 9 atom stereocenters. The molecule has 1 aliphatic rings. The zero-order chi connectivity index (χ0) is 43.1. The van der Waals surface area contributed by atoms with Crippen LogP contribution in [0.2, 0.25) is 0 Å². The van der Waals surface area contributed by atoms with Crippen molar-refractivity contribution in [3.05, 3.63) is 35.9 Å². The van der Waals surface area contributed by atoms with Crippen molar-refractivity contribution in [1.29, 1.82) is 0 Å². The minimum Gasteiger partial charge on any atom is -0.480 e. The van der Waals surface area contributed by atoms with Gasteiger partial charge < -0.3 is 39.9 Å². The van der Waals surface area contributed by atoms with Gasteiger partial charge in [-0.25, -0.2) is 4.79 Å². The molecule has 14 heteroatoms. The Kier molecular flexibility index (Phi) is 20.1. The van der Waals surface area contributed by atoms with E-state index in [9.17, 15) is 33.9 Å².